The van der Waals surface area contributed by atoms with Crippen molar-refractivity contribution in [2.24, 2.45) is 13.0 Å². The van der Waals surface area contributed by atoms with E-state index in [9.17, 15) is 22.8 Å². The monoisotopic (exact) mass is 440 g/mol. The molecule has 1 unspecified atom stereocenters. The van der Waals surface area contributed by atoms with E-state index in [1.165, 1.54) is 30.0 Å². The van der Waals surface area contributed by atoms with Gasteiger partial charge in [0.1, 0.15) is 11.3 Å². The van der Waals surface area contributed by atoms with Crippen molar-refractivity contribution < 1.29 is 32.2 Å². The molecule has 2 amide bonds. The summed E-state index contributed by atoms with van der Waals surface area (Å²) >= 11 is 0. The first kappa shape index (κ1) is 22.4. The van der Waals surface area contributed by atoms with Gasteiger partial charge in [-0.3, -0.25) is 14.3 Å². The SMILES string of the molecule is COc1nn(C)cc1C(=O)N1CCCC(C(=O)NCc2ccccc2OC(F)(F)F)C1. The Morgan fingerprint density at radius 2 is 2.03 bits per heavy atom. The second kappa shape index (κ2) is 9.27. The number of para-hydroxylation sites is 1. The molecule has 1 N–H and O–H groups in total. The van der Waals surface area contributed by atoms with Crippen molar-refractivity contribution in [3.8, 4) is 11.6 Å². The number of aryl methyl sites for hydroxylation is 1. The molecule has 0 bridgehead atoms. The number of benzene rings is 1. The van der Waals surface area contributed by atoms with E-state index in [1.807, 2.05) is 0 Å². The number of hydrogen-bond donors (Lipinski definition) is 1. The minimum Gasteiger partial charge on any atom is -0.479 e. The third kappa shape index (κ3) is 5.68. The summed E-state index contributed by atoms with van der Waals surface area (Å²) in [5.41, 5.74) is 0.515. The molecule has 31 heavy (non-hydrogen) atoms. The van der Waals surface area contributed by atoms with Crippen LogP contribution >= 0.6 is 0 Å². The van der Waals surface area contributed by atoms with Crippen LogP contribution in [0.3, 0.4) is 0 Å². The molecule has 0 saturated carbocycles. The van der Waals surface area contributed by atoms with Gasteiger partial charge in [0.25, 0.3) is 5.91 Å². The van der Waals surface area contributed by atoms with Crippen LogP contribution in [-0.2, 0) is 18.4 Å². The molecule has 0 radical (unpaired) electrons. The van der Waals surface area contributed by atoms with Crippen molar-refractivity contribution in [2.75, 3.05) is 20.2 Å². The number of carbonyl (C=O) groups is 2. The van der Waals surface area contributed by atoms with E-state index in [4.69, 9.17) is 4.74 Å². The van der Waals surface area contributed by atoms with E-state index < -0.39 is 12.3 Å². The number of nitrogens with one attached hydrogen (secondary N) is 1. The number of ether oxygens (including phenoxy) is 2. The molecule has 1 saturated heterocycles. The molecule has 1 aliphatic rings. The van der Waals surface area contributed by atoms with Gasteiger partial charge in [0.2, 0.25) is 11.8 Å². The highest BCUT2D eigenvalue weighted by Crippen LogP contribution is 2.27. The molecule has 1 aromatic carbocycles. The Labute approximate surface area is 176 Å². The van der Waals surface area contributed by atoms with E-state index >= 15 is 0 Å². The van der Waals surface area contributed by atoms with Gasteiger partial charge in [0.15, 0.2) is 0 Å². The third-order valence-corrected chi connectivity index (χ3v) is 4.95. The number of rotatable bonds is 6. The van der Waals surface area contributed by atoms with E-state index in [0.717, 1.165) is 0 Å². The molecule has 0 aliphatic carbocycles. The Hall–Kier alpha value is -3.24. The average molecular weight is 440 g/mol. The maximum Gasteiger partial charge on any atom is 0.573 e. The number of alkyl halides is 3. The molecule has 11 heteroatoms. The number of carbonyl (C=O) groups excluding carboxylic acids is 2. The second-order valence-electron chi connectivity index (χ2n) is 7.19. The summed E-state index contributed by atoms with van der Waals surface area (Å²) in [4.78, 5) is 27.1. The summed E-state index contributed by atoms with van der Waals surface area (Å²) in [5.74, 6) is -1.25. The molecule has 1 atom stereocenters. The predicted molar refractivity (Wildman–Crippen MR) is 103 cm³/mol. The Morgan fingerprint density at radius 1 is 1.29 bits per heavy atom. The lowest BCUT2D eigenvalue weighted by atomic mass is 9.96. The lowest BCUT2D eigenvalue weighted by Gasteiger charge is -2.32. The first-order valence-electron chi connectivity index (χ1n) is 9.66. The van der Waals surface area contributed by atoms with Crippen molar-refractivity contribution in [3.05, 3.63) is 41.6 Å². The normalized spacial score (nSPS) is 16.7. The van der Waals surface area contributed by atoms with Crippen LogP contribution < -0.4 is 14.8 Å². The van der Waals surface area contributed by atoms with Crippen LogP contribution in [0.2, 0.25) is 0 Å². The van der Waals surface area contributed by atoms with Crippen molar-refractivity contribution in [3.63, 3.8) is 0 Å². The topological polar surface area (TPSA) is 85.7 Å². The quantitative estimate of drug-likeness (QED) is 0.746. The fourth-order valence-corrected chi connectivity index (χ4v) is 3.51. The number of amides is 2. The molecule has 3 rings (SSSR count). The van der Waals surface area contributed by atoms with Gasteiger partial charge < -0.3 is 19.7 Å². The second-order valence-corrected chi connectivity index (χ2v) is 7.19. The summed E-state index contributed by atoms with van der Waals surface area (Å²) in [6, 6.07) is 5.63. The highest BCUT2D eigenvalue weighted by molar-refractivity contribution is 5.96. The maximum atomic E-state index is 12.9. The molecule has 2 aromatic rings. The first-order valence-corrected chi connectivity index (χ1v) is 9.66. The molecular weight excluding hydrogens is 417 g/mol. The van der Waals surface area contributed by atoms with Crippen molar-refractivity contribution in [2.45, 2.75) is 25.7 Å². The molecule has 168 valence electrons. The molecule has 0 spiro atoms. The Balaban J connectivity index is 1.62. The fraction of sp³-hybridized carbons (Fsp3) is 0.450. The molecule has 1 aromatic heterocycles. The minimum absolute atomic E-state index is 0.119. The lowest BCUT2D eigenvalue weighted by molar-refractivity contribution is -0.274. The fourth-order valence-electron chi connectivity index (χ4n) is 3.51. The van der Waals surface area contributed by atoms with Crippen LogP contribution in [0.15, 0.2) is 30.5 Å². The number of methoxy groups -OCH3 is 1. The van der Waals surface area contributed by atoms with E-state index in [1.54, 1.807) is 24.2 Å². The van der Waals surface area contributed by atoms with E-state index in [-0.39, 0.29) is 42.1 Å². The average Bonchev–Trinajstić information content (AvgIpc) is 3.12. The summed E-state index contributed by atoms with van der Waals surface area (Å²) in [6.45, 7) is 0.568. The van der Waals surface area contributed by atoms with Crippen LogP contribution in [0.25, 0.3) is 0 Å². The number of piperidine rings is 1. The van der Waals surface area contributed by atoms with Crippen molar-refractivity contribution in [1.29, 1.82) is 0 Å². The van der Waals surface area contributed by atoms with Gasteiger partial charge in [-0.25, -0.2) is 0 Å². The van der Waals surface area contributed by atoms with Crippen LogP contribution in [-0.4, -0.2) is 53.1 Å². The standard InChI is InChI=1S/C20H23F3N4O4/c1-26-12-15(18(25-26)30-2)19(29)27-9-5-7-14(11-27)17(28)24-10-13-6-3-4-8-16(13)31-20(21,22)23/h3-4,6,8,12,14H,5,7,9-11H2,1-2H3,(H,24,28). The molecule has 8 nitrogen and oxygen atoms in total. The van der Waals surface area contributed by atoms with Crippen LogP contribution in [0.5, 0.6) is 11.6 Å². The molecule has 1 fully saturated rings. The highest BCUT2D eigenvalue weighted by atomic mass is 19.4. The number of nitrogens with zero attached hydrogens (tertiary/aromatic N) is 3. The lowest BCUT2D eigenvalue weighted by Crippen LogP contribution is -2.45. The van der Waals surface area contributed by atoms with Gasteiger partial charge >= 0.3 is 6.36 Å². The minimum atomic E-state index is -4.82. The van der Waals surface area contributed by atoms with Gasteiger partial charge in [-0.15, -0.1) is 18.3 Å². The number of likely N-dealkylation sites (tertiary alicyclic amines) is 1. The number of aromatic nitrogens is 2. The van der Waals surface area contributed by atoms with Crippen LogP contribution in [0.4, 0.5) is 13.2 Å². The van der Waals surface area contributed by atoms with E-state index in [2.05, 4.69) is 15.2 Å². The molecular formula is C20H23F3N4O4. The van der Waals surface area contributed by atoms with E-state index in [0.29, 0.717) is 24.9 Å². The third-order valence-electron chi connectivity index (χ3n) is 4.95. The first-order chi connectivity index (χ1) is 14.7. The number of halogens is 3. The molecule has 2 heterocycles. The van der Waals surface area contributed by atoms with Gasteiger partial charge in [-0.2, -0.15) is 0 Å². The smallest absolute Gasteiger partial charge is 0.479 e. The van der Waals surface area contributed by atoms with Gasteiger partial charge in [0, 0.05) is 38.4 Å². The van der Waals surface area contributed by atoms with Crippen molar-refractivity contribution >= 4 is 11.8 Å². The largest absolute Gasteiger partial charge is 0.573 e. The zero-order chi connectivity index (χ0) is 22.6. The summed E-state index contributed by atoms with van der Waals surface area (Å²) < 4.78 is 48.3. The van der Waals surface area contributed by atoms with Gasteiger partial charge in [-0.05, 0) is 18.9 Å². The highest BCUT2D eigenvalue weighted by Gasteiger charge is 2.33. The zero-order valence-corrected chi connectivity index (χ0v) is 17.1. The summed E-state index contributed by atoms with van der Waals surface area (Å²) in [6.07, 6.45) is -2.07. The Kier molecular flexibility index (Phi) is 6.71. The van der Waals surface area contributed by atoms with Gasteiger partial charge in [0.05, 0.1) is 13.0 Å². The Morgan fingerprint density at radius 3 is 2.74 bits per heavy atom. The Bertz CT molecular complexity index is 945. The predicted octanol–water partition coefficient (Wildman–Crippen LogP) is 2.50. The zero-order valence-electron chi connectivity index (χ0n) is 17.1. The summed E-state index contributed by atoms with van der Waals surface area (Å²) in [7, 11) is 3.10. The number of hydrogen-bond acceptors (Lipinski definition) is 5. The van der Waals surface area contributed by atoms with Crippen LogP contribution in [0.1, 0.15) is 28.8 Å². The van der Waals surface area contributed by atoms with Gasteiger partial charge in [-0.1, -0.05) is 18.2 Å². The molecule has 1 aliphatic heterocycles. The van der Waals surface area contributed by atoms with Crippen molar-refractivity contribution in [1.82, 2.24) is 20.0 Å². The van der Waals surface area contributed by atoms with Crippen LogP contribution in [0, 0.1) is 5.92 Å². The maximum absolute atomic E-state index is 12.9. The summed E-state index contributed by atoms with van der Waals surface area (Å²) in [5, 5.41) is 6.73.